The second-order valence-corrected chi connectivity index (χ2v) is 9.81. The van der Waals surface area contributed by atoms with Crippen LogP contribution in [-0.4, -0.2) is 51.3 Å². The summed E-state index contributed by atoms with van der Waals surface area (Å²) < 4.78 is 1.45. The van der Waals surface area contributed by atoms with E-state index in [9.17, 15) is 19.2 Å². The average molecular weight is 486 g/mol. The van der Waals surface area contributed by atoms with Crippen LogP contribution in [0.5, 0.6) is 0 Å². The van der Waals surface area contributed by atoms with Gasteiger partial charge in [0.2, 0.25) is 11.8 Å². The van der Waals surface area contributed by atoms with Crippen molar-refractivity contribution in [2.24, 2.45) is 5.41 Å². The number of nitrogens with one attached hydrogen (secondary N) is 1. The number of rotatable bonds is 3. The van der Waals surface area contributed by atoms with Gasteiger partial charge in [0.1, 0.15) is 11.5 Å². The van der Waals surface area contributed by atoms with Crippen LogP contribution in [0.25, 0.3) is 5.65 Å². The average Bonchev–Trinajstić information content (AvgIpc) is 3.15. The maximum atomic E-state index is 14.2. The maximum Gasteiger partial charge on any atom is 0.330 e. The maximum absolute atomic E-state index is 14.2. The Hall–Kier alpha value is -4.01. The molecule has 1 N–H and O–H groups in total. The molecule has 184 valence electrons. The molecule has 3 aliphatic heterocycles. The third-order valence-corrected chi connectivity index (χ3v) is 7.82. The number of amides is 4. The normalized spacial score (nSPS) is 23.9. The van der Waals surface area contributed by atoms with Gasteiger partial charge >= 0.3 is 6.03 Å². The van der Waals surface area contributed by atoms with Gasteiger partial charge in [-0.15, -0.1) is 0 Å². The van der Waals surface area contributed by atoms with Crippen LogP contribution in [-0.2, 0) is 22.4 Å². The fourth-order valence-electron chi connectivity index (χ4n) is 6.02. The van der Waals surface area contributed by atoms with Crippen LogP contribution in [0, 0.1) is 5.41 Å². The van der Waals surface area contributed by atoms with E-state index < -0.39 is 29.3 Å². The Bertz CT molecular complexity index is 1440. The first-order valence-electron chi connectivity index (χ1n) is 12.5. The molecule has 5 heterocycles. The number of anilines is 1. The molecule has 3 aliphatic rings. The molecule has 9 nitrogen and oxygen atoms in total. The summed E-state index contributed by atoms with van der Waals surface area (Å²) in [4.78, 5) is 62.2. The summed E-state index contributed by atoms with van der Waals surface area (Å²) in [5, 5.41) is 2.47. The van der Waals surface area contributed by atoms with Crippen molar-refractivity contribution in [1.82, 2.24) is 19.6 Å². The molecule has 9 heteroatoms. The Morgan fingerprint density at radius 3 is 2.61 bits per heavy atom. The van der Waals surface area contributed by atoms with E-state index in [1.807, 2.05) is 41.3 Å². The molecule has 0 saturated carbocycles. The number of hydrogen-bond donors (Lipinski definition) is 1. The van der Waals surface area contributed by atoms with Gasteiger partial charge in [0, 0.05) is 25.7 Å². The van der Waals surface area contributed by atoms with Crippen molar-refractivity contribution in [3.05, 3.63) is 76.2 Å². The van der Waals surface area contributed by atoms with E-state index in [1.165, 1.54) is 4.40 Å². The minimum Gasteiger partial charge on any atom is -0.352 e. The van der Waals surface area contributed by atoms with Gasteiger partial charge in [0.15, 0.2) is 5.41 Å². The summed E-state index contributed by atoms with van der Waals surface area (Å²) in [7, 11) is 0. The minimum atomic E-state index is -1.56. The van der Waals surface area contributed by atoms with E-state index in [1.54, 1.807) is 18.3 Å². The van der Waals surface area contributed by atoms with Gasteiger partial charge in [0.25, 0.3) is 5.56 Å². The number of fused-ring (bicyclic) bond motifs is 5. The highest BCUT2D eigenvalue weighted by Crippen LogP contribution is 2.45. The summed E-state index contributed by atoms with van der Waals surface area (Å²) >= 11 is 0. The summed E-state index contributed by atoms with van der Waals surface area (Å²) in [6.45, 7) is 0.742. The van der Waals surface area contributed by atoms with Crippen molar-refractivity contribution in [2.75, 3.05) is 18.0 Å². The van der Waals surface area contributed by atoms with Crippen molar-refractivity contribution in [2.45, 2.75) is 44.6 Å². The third-order valence-electron chi connectivity index (χ3n) is 7.82. The molecule has 2 saturated heterocycles. The SMILES string of the molecule is O=C1NC(=O)[C@@]2(Cc3c(nc4ccccn4c3=O)N3CCCCC[C@H]32)C(=O)N1CCc1ccccc1. The molecule has 1 aromatic carbocycles. The van der Waals surface area contributed by atoms with E-state index in [-0.39, 0.29) is 18.5 Å². The van der Waals surface area contributed by atoms with E-state index in [0.717, 1.165) is 29.7 Å². The first kappa shape index (κ1) is 22.5. The van der Waals surface area contributed by atoms with Crippen molar-refractivity contribution in [1.29, 1.82) is 0 Å². The van der Waals surface area contributed by atoms with Gasteiger partial charge < -0.3 is 4.90 Å². The highest BCUT2D eigenvalue weighted by Gasteiger charge is 2.62. The van der Waals surface area contributed by atoms with Crippen LogP contribution < -0.4 is 15.8 Å². The zero-order valence-corrected chi connectivity index (χ0v) is 19.9. The Labute approximate surface area is 207 Å². The van der Waals surface area contributed by atoms with Crippen LogP contribution >= 0.6 is 0 Å². The van der Waals surface area contributed by atoms with E-state index in [4.69, 9.17) is 4.98 Å². The van der Waals surface area contributed by atoms with Crippen molar-refractivity contribution < 1.29 is 14.4 Å². The fraction of sp³-hybridized carbons (Fsp3) is 0.370. The van der Waals surface area contributed by atoms with Gasteiger partial charge in [-0.2, -0.15) is 0 Å². The predicted octanol–water partition coefficient (Wildman–Crippen LogP) is 2.31. The molecule has 2 aromatic heterocycles. The summed E-state index contributed by atoms with van der Waals surface area (Å²) in [5.74, 6) is -0.585. The van der Waals surface area contributed by atoms with E-state index >= 15 is 0 Å². The molecule has 0 bridgehead atoms. The molecule has 6 rings (SSSR count). The number of imide groups is 2. The predicted molar refractivity (Wildman–Crippen MR) is 133 cm³/mol. The Balaban J connectivity index is 1.47. The topological polar surface area (TPSA) is 104 Å². The number of hydrogen-bond acceptors (Lipinski definition) is 6. The van der Waals surface area contributed by atoms with E-state index in [2.05, 4.69) is 5.32 Å². The summed E-state index contributed by atoms with van der Waals surface area (Å²) in [6, 6.07) is 13.8. The zero-order chi connectivity index (χ0) is 24.9. The molecule has 36 heavy (non-hydrogen) atoms. The number of barbiturate groups is 1. The Kier molecular flexibility index (Phi) is 5.35. The highest BCUT2D eigenvalue weighted by atomic mass is 16.2. The highest BCUT2D eigenvalue weighted by molar-refractivity contribution is 6.20. The van der Waals surface area contributed by atoms with Crippen LogP contribution in [0.4, 0.5) is 10.6 Å². The van der Waals surface area contributed by atoms with Gasteiger partial charge in [-0.3, -0.25) is 29.0 Å². The zero-order valence-electron chi connectivity index (χ0n) is 19.9. The number of carbonyl (C=O) groups excluding carboxylic acids is 3. The lowest BCUT2D eigenvalue weighted by molar-refractivity contribution is -0.153. The monoisotopic (exact) mass is 485 g/mol. The number of benzene rings is 1. The second-order valence-electron chi connectivity index (χ2n) is 9.81. The largest absolute Gasteiger partial charge is 0.352 e. The van der Waals surface area contributed by atoms with Crippen LogP contribution in [0.15, 0.2) is 59.5 Å². The molecule has 0 aliphatic carbocycles. The van der Waals surface area contributed by atoms with Gasteiger partial charge in [-0.05, 0) is 37.0 Å². The molecule has 1 spiro atoms. The Morgan fingerprint density at radius 2 is 1.78 bits per heavy atom. The molecule has 0 unspecified atom stereocenters. The van der Waals surface area contributed by atoms with Crippen LogP contribution in [0.2, 0.25) is 0 Å². The summed E-state index contributed by atoms with van der Waals surface area (Å²) in [6.07, 6.45) is 5.33. The Morgan fingerprint density at radius 1 is 0.972 bits per heavy atom. The number of aromatic nitrogens is 2. The first-order valence-corrected chi connectivity index (χ1v) is 12.5. The number of urea groups is 1. The number of pyridine rings is 1. The van der Waals surface area contributed by atoms with Crippen molar-refractivity contribution in [3.63, 3.8) is 0 Å². The smallest absolute Gasteiger partial charge is 0.330 e. The van der Waals surface area contributed by atoms with Gasteiger partial charge in [-0.1, -0.05) is 49.2 Å². The summed E-state index contributed by atoms with van der Waals surface area (Å²) in [5.41, 5.74) is 0.0113. The number of carbonyl (C=O) groups is 3. The molecule has 0 radical (unpaired) electrons. The molecule has 2 atom stereocenters. The van der Waals surface area contributed by atoms with Gasteiger partial charge in [-0.25, -0.2) is 9.78 Å². The molecule has 4 amide bonds. The molecular formula is C27H27N5O4. The lowest BCUT2D eigenvalue weighted by atomic mass is 9.68. The first-order chi connectivity index (χ1) is 17.5. The second kappa shape index (κ2) is 8.58. The lowest BCUT2D eigenvalue weighted by Crippen LogP contribution is -2.72. The number of nitrogens with zero attached hydrogens (tertiary/aromatic N) is 4. The van der Waals surface area contributed by atoms with Crippen LogP contribution in [0.1, 0.15) is 36.8 Å². The fourth-order valence-corrected chi connectivity index (χ4v) is 6.02. The lowest BCUT2D eigenvalue weighted by Gasteiger charge is -2.50. The molecular weight excluding hydrogens is 458 g/mol. The quantitative estimate of drug-likeness (QED) is 0.571. The van der Waals surface area contributed by atoms with Gasteiger partial charge in [0.05, 0.1) is 11.6 Å². The molecule has 3 aromatic rings. The molecule has 2 fully saturated rings. The van der Waals surface area contributed by atoms with Crippen LogP contribution in [0.3, 0.4) is 0 Å². The third kappa shape index (κ3) is 3.33. The van der Waals surface area contributed by atoms with Crippen molar-refractivity contribution in [3.8, 4) is 0 Å². The van der Waals surface area contributed by atoms with Crippen molar-refractivity contribution >= 4 is 29.3 Å². The minimum absolute atomic E-state index is 0.0764. The van der Waals surface area contributed by atoms with E-state index in [0.29, 0.717) is 36.4 Å². The standard InChI is InChI=1S/C27H27N5O4/c33-23-19-17-27(24(34)29-26(36)32(25(27)35)16-13-18-9-3-1-4-10-18)20-11-5-2-7-14-30(20)22(19)28-21-12-6-8-15-31(21)23/h1,3-4,6,8-10,12,15,20H,2,5,7,11,13-14,16-17H2,(H,29,34,36)/t20-,27-/m0/s1.